The molecular weight excluding hydrogens is 398 g/mol. The van der Waals surface area contributed by atoms with Gasteiger partial charge in [-0.05, 0) is 62.1 Å². The highest BCUT2D eigenvalue weighted by atomic mass is 32.1. The van der Waals surface area contributed by atoms with Crippen LogP contribution in [0.15, 0.2) is 36.4 Å². The number of rotatable bonds is 4. The van der Waals surface area contributed by atoms with Gasteiger partial charge in [0.1, 0.15) is 13.2 Å². The second-order valence-corrected chi connectivity index (χ2v) is 8.83. The summed E-state index contributed by atoms with van der Waals surface area (Å²) in [6.07, 6.45) is 3.75. The Morgan fingerprint density at radius 1 is 1.07 bits per heavy atom. The van der Waals surface area contributed by atoms with Crippen LogP contribution in [0.5, 0.6) is 11.5 Å². The van der Waals surface area contributed by atoms with E-state index in [-0.39, 0.29) is 11.9 Å². The summed E-state index contributed by atoms with van der Waals surface area (Å²) in [7, 11) is 0. The van der Waals surface area contributed by atoms with Gasteiger partial charge in [-0.1, -0.05) is 17.4 Å². The fourth-order valence-electron chi connectivity index (χ4n) is 3.97. The van der Waals surface area contributed by atoms with Gasteiger partial charge >= 0.3 is 0 Å². The van der Waals surface area contributed by atoms with Crippen molar-refractivity contribution in [3.8, 4) is 11.5 Å². The molecule has 3 heterocycles. The first-order valence-electron chi connectivity index (χ1n) is 10.5. The highest BCUT2D eigenvalue weighted by Crippen LogP contribution is 2.33. The largest absolute Gasteiger partial charge is 0.486 e. The third-order valence-corrected chi connectivity index (χ3v) is 6.76. The molecule has 1 amide bonds. The Morgan fingerprint density at radius 3 is 2.70 bits per heavy atom. The van der Waals surface area contributed by atoms with Gasteiger partial charge in [-0.25, -0.2) is 4.98 Å². The summed E-state index contributed by atoms with van der Waals surface area (Å²) in [6.45, 7) is 5.23. The van der Waals surface area contributed by atoms with Gasteiger partial charge in [0.25, 0.3) is 5.91 Å². The third kappa shape index (κ3) is 3.81. The molecule has 3 aromatic rings. The molecule has 0 radical (unpaired) electrons. The number of ether oxygens (including phenoxy) is 2. The Morgan fingerprint density at radius 2 is 1.87 bits per heavy atom. The monoisotopic (exact) mass is 423 g/mol. The molecule has 1 aromatic heterocycles. The van der Waals surface area contributed by atoms with E-state index < -0.39 is 0 Å². The summed E-state index contributed by atoms with van der Waals surface area (Å²) >= 11 is 1.67. The first-order chi connectivity index (χ1) is 14.7. The van der Waals surface area contributed by atoms with Crippen LogP contribution < -0.4 is 19.7 Å². The number of carbonyl (C=O) groups is 1. The molecule has 2 aliphatic rings. The van der Waals surface area contributed by atoms with Crippen LogP contribution in [0, 0.1) is 0 Å². The van der Waals surface area contributed by atoms with E-state index in [2.05, 4.69) is 10.2 Å². The van der Waals surface area contributed by atoms with E-state index in [4.69, 9.17) is 14.5 Å². The first-order valence-corrected chi connectivity index (χ1v) is 11.3. The maximum atomic E-state index is 12.9. The van der Waals surface area contributed by atoms with Crippen LogP contribution in [0.2, 0.25) is 0 Å². The first kappa shape index (κ1) is 19.2. The molecular formula is C23H25N3O3S. The van der Waals surface area contributed by atoms with Crippen molar-refractivity contribution >= 4 is 32.6 Å². The third-order valence-electron chi connectivity index (χ3n) is 5.68. The number of nitrogens with one attached hydrogen (secondary N) is 1. The number of benzene rings is 2. The maximum Gasteiger partial charge on any atom is 0.251 e. The van der Waals surface area contributed by atoms with Crippen molar-refractivity contribution < 1.29 is 14.3 Å². The standard InChI is InChI=1S/C23H25N3O3S/c1-15(16-6-8-19-20(13-16)29-12-11-28-19)24-22(27)17-5-7-18-21(14-17)30-23(25-18)26-9-3-2-4-10-26/h5-8,13-15H,2-4,9-12H2,1H3,(H,24,27)/t15-/m1/s1. The van der Waals surface area contributed by atoms with E-state index in [1.54, 1.807) is 11.3 Å². The molecule has 0 spiro atoms. The normalized spacial score (nSPS) is 17.0. The lowest BCUT2D eigenvalue weighted by atomic mass is 10.1. The zero-order valence-corrected chi connectivity index (χ0v) is 17.8. The molecule has 1 fully saturated rings. The van der Waals surface area contributed by atoms with E-state index >= 15 is 0 Å². The number of hydrogen-bond donors (Lipinski definition) is 1. The van der Waals surface area contributed by atoms with Crippen molar-refractivity contribution in [3.05, 3.63) is 47.5 Å². The number of hydrogen-bond acceptors (Lipinski definition) is 6. The van der Waals surface area contributed by atoms with Crippen molar-refractivity contribution in [2.24, 2.45) is 0 Å². The fourth-order valence-corrected chi connectivity index (χ4v) is 5.02. The lowest BCUT2D eigenvalue weighted by molar-refractivity contribution is 0.0940. The van der Waals surface area contributed by atoms with Crippen LogP contribution in [-0.4, -0.2) is 37.2 Å². The number of carbonyl (C=O) groups excluding carboxylic acids is 1. The second kappa shape index (κ2) is 8.14. The van der Waals surface area contributed by atoms with Gasteiger partial charge in [0, 0.05) is 18.7 Å². The van der Waals surface area contributed by atoms with E-state index in [1.165, 1.54) is 19.3 Å². The molecule has 156 valence electrons. The molecule has 2 aliphatic heterocycles. The number of piperidine rings is 1. The van der Waals surface area contributed by atoms with Gasteiger partial charge in [-0.2, -0.15) is 0 Å². The fraction of sp³-hybridized carbons (Fsp3) is 0.391. The van der Waals surface area contributed by atoms with Crippen molar-refractivity contribution in [1.82, 2.24) is 10.3 Å². The minimum atomic E-state index is -0.144. The number of thiazole rings is 1. The predicted molar refractivity (Wildman–Crippen MR) is 119 cm³/mol. The summed E-state index contributed by atoms with van der Waals surface area (Å²) in [5, 5.41) is 4.15. The second-order valence-electron chi connectivity index (χ2n) is 7.82. The molecule has 0 unspecified atom stereocenters. The van der Waals surface area contributed by atoms with Gasteiger partial charge in [-0.15, -0.1) is 0 Å². The van der Waals surface area contributed by atoms with Crippen molar-refractivity contribution in [3.63, 3.8) is 0 Å². The lowest BCUT2D eigenvalue weighted by Gasteiger charge is -2.25. The number of nitrogens with zero attached hydrogens (tertiary/aromatic N) is 2. The maximum absolute atomic E-state index is 12.9. The highest BCUT2D eigenvalue weighted by Gasteiger charge is 2.18. The zero-order chi connectivity index (χ0) is 20.5. The summed E-state index contributed by atoms with van der Waals surface area (Å²) in [4.78, 5) is 20.0. The molecule has 1 N–H and O–H groups in total. The minimum absolute atomic E-state index is 0.0905. The smallest absolute Gasteiger partial charge is 0.251 e. The molecule has 1 atom stereocenters. The SMILES string of the molecule is C[C@@H](NC(=O)c1ccc2nc(N3CCCCC3)sc2c1)c1ccc2c(c1)OCCO2. The van der Waals surface area contributed by atoms with Gasteiger partial charge < -0.3 is 19.7 Å². The van der Waals surface area contributed by atoms with Crippen LogP contribution in [-0.2, 0) is 0 Å². The van der Waals surface area contributed by atoms with E-state index in [0.29, 0.717) is 18.8 Å². The summed E-state index contributed by atoms with van der Waals surface area (Å²) in [5.74, 6) is 1.40. The van der Waals surface area contributed by atoms with Crippen molar-refractivity contribution in [1.29, 1.82) is 0 Å². The van der Waals surface area contributed by atoms with Crippen LogP contribution in [0.1, 0.15) is 48.1 Å². The summed E-state index contributed by atoms with van der Waals surface area (Å²) in [5.41, 5.74) is 2.59. The summed E-state index contributed by atoms with van der Waals surface area (Å²) < 4.78 is 12.3. The van der Waals surface area contributed by atoms with Crippen molar-refractivity contribution in [2.75, 3.05) is 31.2 Å². The molecule has 6 nitrogen and oxygen atoms in total. The average molecular weight is 424 g/mol. The molecule has 2 aromatic carbocycles. The number of amides is 1. The Labute approximate surface area is 179 Å². The molecule has 1 saturated heterocycles. The Balaban J connectivity index is 1.31. The van der Waals surface area contributed by atoms with Gasteiger partial charge in [0.05, 0.1) is 16.3 Å². The van der Waals surface area contributed by atoms with Crippen LogP contribution in [0.25, 0.3) is 10.2 Å². The molecule has 7 heteroatoms. The van der Waals surface area contributed by atoms with E-state index in [9.17, 15) is 4.79 Å². The number of aromatic nitrogens is 1. The Bertz CT molecular complexity index is 1070. The quantitative estimate of drug-likeness (QED) is 0.667. The van der Waals surface area contributed by atoms with E-state index in [0.717, 1.165) is 45.5 Å². The lowest BCUT2D eigenvalue weighted by Crippen LogP contribution is -2.29. The van der Waals surface area contributed by atoms with Gasteiger partial charge in [0.2, 0.25) is 0 Å². The zero-order valence-electron chi connectivity index (χ0n) is 17.0. The van der Waals surface area contributed by atoms with Gasteiger partial charge in [-0.3, -0.25) is 4.79 Å². The van der Waals surface area contributed by atoms with Crippen LogP contribution >= 0.6 is 11.3 Å². The minimum Gasteiger partial charge on any atom is -0.486 e. The molecule has 0 saturated carbocycles. The molecule has 5 rings (SSSR count). The predicted octanol–water partition coefficient (Wildman–Crippen LogP) is 4.55. The van der Waals surface area contributed by atoms with Crippen molar-refractivity contribution in [2.45, 2.75) is 32.2 Å². The van der Waals surface area contributed by atoms with Crippen LogP contribution in [0.3, 0.4) is 0 Å². The molecule has 0 aliphatic carbocycles. The summed E-state index contributed by atoms with van der Waals surface area (Å²) in [6, 6.07) is 11.4. The topological polar surface area (TPSA) is 63.7 Å². The average Bonchev–Trinajstić information content (AvgIpc) is 3.23. The number of anilines is 1. The highest BCUT2D eigenvalue weighted by molar-refractivity contribution is 7.22. The molecule has 0 bridgehead atoms. The van der Waals surface area contributed by atoms with E-state index in [1.807, 2.05) is 43.3 Å². The van der Waals surface area contributed by atoms with Crippen LogP contribution in [0.4, 0.5) is 5.13 Å². The Kier molecular flexibility index (Phi) is 5.21. The van der Waals surface area contributed by atoms with Gasteiger partial charge in [0.15, 0.2) is 16.6 Å². The number of fused-ring (bicyclic) bond motifs is 2. The molecule has 30 heavy (non-hydrogen) atoms. The Hall–Kier alpha value is -2.80.